The van der Waals surface area contributed by atoms with Gasteiger partial charge in [-0.1, -0.05) is 13.8 Å². The van der Waals surface area contributed by atoms with Crippen molar-refractivity contribution in [3.8, 4) is 0 Å². The third-order valence-electron chi connectivity index (χ3n) is 3.50. The van der Waals surface area contributed by atoms with Crippen LogP contribution in [0.5, 0.6) is 0 Å². The lowest BCUT2D eigenvalue weighted by atomic mass is 10.1. The van der Waals surface area contributed by atoms with E-state index in [4.69, 9.17) is 0 Å². The van der Waals surface area contributed by atoms with Gasteiger partial charge in [0.25, 0.3) is 0 Å². The third kappa shape index (κ3) is 4.94. The first-order chi connectivity index (χ1) is 8.33. The second kappa shape index (κ2) is 6.52. The Morgan fingerprint density at radius 2 is 1.78 bits per heavy atom. The van der Waals surface area contributed by atoms with Crippen molar-refractivity contribution in [2.24, 2.45) is 5.92 Å². The van der Waals surface area contributed by atoms with Gasteiger partial charge in [0, 0.05) is 44.9 Å². The monoisotopic (exact) mass is 276 g/mol. The SMILES string of the molecule is CC[C@H](C)C(=O)N1CCN(CCS(C)(=O)=O)CC1. The van der Waals surface area contributed by atoms with Crippen LogP contribution in [0.1, 0.15) is 20.3 Å². The molecule has 1 aliphatic heterocycles. The molecule has 1 fully saturated rings. The van der Waals surface area contributed by atoms with E-state index in [0.717, 1.165) is 19.5 Å². The molecule has 0 spiro atoms. The normalized spacial score (nSPS) is 19.8. The summed E-state index contributed by atoms with van der Waals surface area (Å²) in [7, 11) is -2.89. The van der Waals surface area contributed by atoms with E-state index in [9.17, 15) is 13.2 Å². The molecule has 0 unspecified atom stereocenters. The molecule has 0 aliphatic carbocycles. The second-order valence-corrected chi connectivity index (χ2v) is 7.37. The molecule has 18 heavy (non-hydrogen) atoms. The molecule has 1 saturated heterocycles. The van der Waals surface area contributed by atoms with Crippen molar-refractivity contribution in [2.45, 2.75) is 20.3 Å². The van der Waals surface area contributed by atoms with Gasteiger partial charge in [-0.3, -0.25) is 9.69 Å². The summed E-state index contributed by atoms with van der Waals surface area (Å²) < 4.78 is 22.2. The maximum atomic E-state index is 12.0. The summed E-state index contributed by atoms with van der Waals surface area (Å²) in [6.45, 7) is 7.53. The Balaban J connectivity index is 2.35. The fraction of sp³-hybridized carbons (Fsp3) is 0.917. The van der Waals surface area contributed by atoms with Gasteiger partial charge in [0.15, 0.2) is 0 Å². The van der Waals surface area contributed by atoms with Gasteiger partial charge in [0.1, 0.15) is 9.84 Å². The molecule has 1 rings (SSSR count). The smallest absolute Gasteiger partial charge is 0.225 e. The predicted molar refractivity (Wildman–Crippen MR) is 72.2 cm³/mol. The summed E-state index contributed by atoms with van der Waals surface area (Å²) in [6, 6.07) is 0. The number of rotatable bonds is 5. The van der Waals surface area contributed by atoms with Crippen molar-refractivity contribution in [2.75, 3.05) is 44.7 Å². The van der Waals surface area contributed by atoms with Gasteiger partial charge in [-0.25, -0.2) is 8.42 Å². The second-order valence-electron chi connectivity index (χ2n) is 5.11. The predicted octanol–water partition coefficient (Wildman–Crippen LogP) is 0.221. The summed E-state index contributed by atoms with van der Waals surface area (Å²) in [5, 5.41) is 0. The number of sulfone groups is 1. The molecule has 0 aromatic heterocycles. The van der Waals surface area contributed by atoms with Crippen molar-refractivity contribution in [1.29, 1.82) is 0 Å². The molecule has 1 amide bonds. The van der Waals surface area contributed by atoms with Crippen LogP contribution in [0, 0.1) is 5.92 Å². The lowest BCUT2D eigenvalue weighted by Crippen LogP contribution is -2.50. The standard InChI is InChI=1S/C12H24N2O3S/c1-4-11(2)12(15)14-7-5-13(6-8-14)9-10-18(3,16)17/h11H,4-10H2,1-3H3/t11-/m0/s1. The molecular weight excluding hydrogens is 252 g/mol. The average molecular weight is 276 g/mol. The zero-order valence-corrected chi connectivity index (χ0v) is 12.4. The first kappa shape index (κ1) is 15.4. The number of carbonyl (C=O) groups excluding carboxylic acids is 1. The van der Waals surface area contributed by atoms with Gasteiger partial charge in [0.05, 0.1) is 5.75 Å². The fourth-order valence-corrected chi connectivity index (χ4v) is 2.56. The van der Waals surface area contributed by atoms with Crippen LogP contribution < -0.4 is 0 Å². The highest BCUT2D eigenvalue weighted by atomic mass is 32.2. The molecule has 1 aliphatic rings. The highest BCUT2D eigenvalue weighted by molar-refractivity contribution is 7.90. The van der Waals surface area contributed by atoms with Crippen LogP contribution in [0.25, 0.3) is 0 Å². The molecule has 1 heterocycles. The molecule has 0 radical (unpaired) electrons. The first-order valence-electron chi connectivity index (χ1n) is 6.52. The number of piperazine rings is 1. The quantitative estimate of drug-likeness (QED) is 0.721. The minimum absolute atomic E-state index is 0.0903. The number of hydrogen-bond donors (Lipinski definition) is 0. The van der Waals surface area contributed by atoms with Crippen LogP contribution in [0.4, 0.5) is 0 Å². The van der Waals surface area contributed by atoms with Crippen LogP contribution in [0.15, 0.2) is 0 Å². The first-order valence-corrected chi connectivity index (χ1v) is 8.58. The van der Waals surface area contributed by atoms with Crippen LogP contribution >= 0.6 is 0 Å². The van der Waals surface area contributed by atoms with E-state index in [1.807, 2.05) is 18.7 Å². The fourth-order valence-electron chi connectivity index (χ4n) is 1.97. The number of nitrogens with zero attached hydrogens (tertiary/aromatic N) is 2. The molecule has 0 aromatic carbocycles. The van der Waals surface area contributed by atoms with Gasteiger partial charge >= 0.3 is 0 Å². The molecule has 5 nitrogen and oxygen atoms in total. The van der Waals surface area contributed by atoms with Crippen molar-refractivity contribution in [1.82, 2.24) is 9.80 Å². The third-order valence-corrected chi connectivity index (χ3v) is 4.42. The van der Waals surface area contributed by atoms with E-state index in [2.05, 4.69) is 4.90 Å². The zero-order valence-electron chi connectivity index (χ0n) is 11.6. The van der Waals surface area contributed by atoms with Gasteiger partial charge in [-0.15, -0.1) is 0 Å². The maximum absolute atomic E-state index is 12.0. The van der Waals surface area contributed by atoms with Crippen molar-refractivity contribution in [3.05, 3.63) is 0 Å². The van der Waals surface area contributed by atoms with Crippen molar-refractivity contribution < 1.29 is 13.2 Å². The molecular formula is C12H24N2O3S. The Bertz CT molecular complexity index is 373. The zero-order chi connectivity index (χ0) is 13.8. The summed E-state index contributed by atoms with van der Waals surface area (Å²) in [4.78, 5) is 16.0. The lowest BCUT2D eigenvalue weighted by molar-refractivity contribution is -0.136. The Morgan fingerprint density at radius 3 is 2.22 bits per heavy atom. The molecule has 1 atom stereocenters. The van der Waals surface area contributed by atoms with E-state index in [1.165, 1.54) is 6.26 Å². The van der Waals surface area contributed by atoms with Crippen LogP contribution in [-0.2, 0) is 14.6 Å². The molecule has 0 saturated carbocycles. The van der Waals surface area contributed by atoms with Crippen molar-refractivity contribution >= 4 is 15.7 Å². The summed E-state index contributed by atoms with van der Waals surface area (Å²) in [6.07, 6.45) is 2.13. The highest BCUT2D eigenvalue weighted by Crippen LogP contribution is 2.10. The lowest BCUT2D eigenvalue weighted by Gasteiger charge is -2.35. The largest absolute Gasteiger partial charge is 0.340 e. The Kier molecular flexibility index (Phi) is 5.59. The molecule has 0 aromatic rings. The summed E-state index contributed by atoms with van der Waals surface area (Å²) in [5.41, 5.74) is 0. The highest BCUT2D eigenvalue weighted by Gasteiger charge is 2.24. The van der Waals surface area contributed by atoms with Gasteiger partial charge in [-0.2, -0.15) is 0 Å². The van der Waals surface area contributed by atoms with Crippen LogP contribution in [-0.4, -0.2) is 68.9 Å². The van der Waals surface area contributed by atoms with Gasteiger partial charge in [-0.05, 0) is 6.42 Å². The van der Waals surface area contributed by atoms with E-state index in [1.54, 1.807) is 0 Å². The maximum Gasteiger partial charge on any atom is 0.225 e. The number of hydrogen-bond acceptors (Lipinski definition) is 4. The van der Waals surface area contributed by atoms with Crippen LogP contribution in [0.2, 0.25) is 0 Å². The topological polar surface area (TPSA) is 57.7 Å². The minimum atomic E-state index is -2.89. The van der Waals surface area contributed by atoms with Crippen LogP contribution in [0.3, 0.4) is 0 Å². The Labute approximate surface area is 110 Å². The van der Waals surface area contributed by atoms with E-state index >= 15 is 0 Å². The average Bonchev–Trinajstić information content (AvgIpc) is 2.34. The van der Waals surface area contributed by atoms with Gasteiger partial charge < -0.3 is 4.90 Å². The Hall–Kier alpha value is -0.620. The number of amides is 1. The molecule has 106 valence electrons. The molecule has 6 heteroatoms. The van der Waals surface area contributed by atoms with E-state index in [-0.39, 0.29) is 17.6 Å². The summed E-state index contributed by atoms with van der Waals surface area (Å²) >= 11 is 0. The molecule has 0 bridgehead atoms. The molecule has 0 N–H and O–H groups in total. The van der Waals surface area contributed by atoms with Gasteiger partial charge in [0.2, 0.25) is 5.91 Å². The van der Waals surface area contributed by atoms with Crippen molar-refractivity contribution in [3.63, 3.8) is 0 Å². The van der Waals surface area contributed by atoms with E-state index < -0.39 is 9.84 Å². The van der Waals surface area contributed by atoms with E-state index in [0.29, 0.717) is 19.6 Å². The Morgan fingerprint density at radius 1 is 1.22 bits per heavy atom. The number of carbonyl (C=O) groups is 1. The minimum Gasteiger partial charge on any atom is -0.340 e. The summed E-state index contributed by atoms with van der Waals surface area (Å²) in [5.74, 6) is 0.514.